The Morgan fingerprint density at radius 2 is 2.00 bits per heavy atom. The Morgan fingerprint density at radius 3 is 2.53 bits per heavy atom. The van der Waals surface area contributed by atoms with Gasteiger partial charge in [0, 0.05) is 11.7 Å². The van der Waals surface area contributed by atoms with Crippen LogP contribution >= 0.6 is 11.6 Å². The second-order valence-electron chi connectivity index (χ2n) is 6.08. The molecule has 2 rings (SSSR count). The van der Waals surface area contributed by atoms with E-state index in [4.69, 9.17) is 16.7 Å². The first-order valence-corrected chi connectivity index (χ1v) is 7.04. The first-order chi connectivity index (χ1) is 8.87. The minimum absolute atomic E-state index is 0.150. The molecule has 0 aromatic heterocycles. The van der Waals surface area contributed by atoms with Crippen LogP contribution in [0, 0.1) is 5.41 Å². The molecule has 0 atom stereocenters. The number of hydrogen-bond donors (Lipinski definition) is 2. The van der Waals surface area contributed by atoms with Crippen molar-refractivity contribution in [3.8, 4) is 0 Å². The van der Waals surface area contributed by atoms with E-state index in [2.05, 4.69) is 19.2 Å². The van der Waals surface area contributed by atoms with Gasteiger partial charge in [-0.15, -0.1) is 0 Å². The molecule has 0 amide bonds. The number of hydrogen-bond acceptors (Lipinski definition) is 2. The SMILES string of the molecule is CC1(C)CCC(Nc2ccc(C(=O)O)c(Cl)c2)CC1. The van der Waals surface area contributed by atoms with E-state index in [1.807, 2.05) is 0 Å². The Morgan fingerprint density at radius 1 is 1.37 bits per heavy atom. The second kappa shape index (κ2) is 5.41. The van der Waals surface area contributed by atoms with Crippen LogP contribution in [0.4, 0.5) is 5.69 Å². The highest BCUT2D eigenvalue weighted by molar-refractivity contribution is 6.33. The van der Waals surface area contributed by atoms with Gasteiger partial charge >= 0.3 is 5.97 Å². The van der Waals surface area contributed by atoms with Crippen molar-refractivity contribution in [2.45, 2.75) is 45.6 Å². The summed E-state index contributed by atoms with van der Waals surface area (Å²) in [6.45, 7) is 4.61. The third-order valence-corrected chi connectivity index (χ3v) is 4.22. The Hall–Kier alpha value is -1.22. The average molecular weight is 282 g/mol. The van der Waals surface area contributed by atoms with E-state index in [1.54, 1.807) is 18.2 Å². The van der Waals surface area contributed by atoms with Crippen LogP contribution in [0.15, 0.2) is 18.2 Å². The van der Waals surface area contributed by atoms with Crippen molar-refractivity contribution in [1.29, 1.82) is 0 Å². The molecule has 1 aromatic carbocycles. The fourth-order valence-electron chi connectivity index (χ4n) is 2.56. The number of carboxylic acids is 1. The summed E-state index contributed by atoms with van der Waals surface area (Å²) >= 11 is 5.97. The van der Waals surface area contributed by atoms with Gasteiger partial charge in [-0.2, -0.15) is 0 Å². The Bertz CT molecular complexity index is 475. The molecular weight excluding hydrogens is 262 g/mol. The zero-order chi connectivity index (χ0) is 14.0. The summed E-state index contributed by atoms with van der Waals surface area (Å²) in [5.74, 6) is -0.990. The zero-order valence-corrected chi connectivity index (χ0v) is 12.1. The molecule has 0 radical (unpaired) electrons. The lowest BCUT2D eigenvalue weighted by atomic mass is 9.75. The molecule has 3 nitrogen and oxygen atoms in total. The molecule has 0 aliphatic heterocycles. The molecule has 0 bridgehead atoms. The highest BCUT2D eigenvalue weighted by Crippen LogP contribution is 2.36. The van der Waals surface area contributed by atoms with Crippen LogP contribution in [0.5, 0.6) is 0 Å². The summed E-state index contributed by atoms with van der Waals surface area (Å²) in [5.41, 5.74) is 1.50. The average Bonchev–Trinajstić information content (AvgIpc) is 2.31. The molecule has 1 fully saturated rings. The summed E-state index contributed by atoms with van der Waals surface area (Å²) in [6.07, 6.45) is 4.72. The van der Waals surface area contributed by atoms with Gasteiger partial charge in [-0.1, -0.05) is 25.4 Å². The van der Waals surface area contributed by atoms with Gasteiger partial charge in [-0.05, 0) is 49.3 Å². The lowest BCUT2D eigenvalue weighted by Crippen LogP contribution is -2.29. The summed E-state index contributed by atoms with van der Waals surface area (Å²) in [7, 11) is 0. The monoisotopic (exact) mass is 281 g/mol. The Labute approximate surface area is 119 Å². The predicted octanol–water partition coefficient (Wildman–Crippen LogP) is 4.42. The van der Waals surface area contributed by atoms with Crippen molar-refractivity contribution < 1.29 is 9.90 Å². The minimum Gasteiger partial charge on any atom is -0.478 e. The van der Waals surface area contributed by atoms with Crippen molar-refractivity contribution in [3.63, 3.8) is 0 Å². The van der Waals surface area contributed by atoms with Crippen molar-refractivity contribution >= 4 is 23.3 Å². The van der Waals surface area contributed by atoms with Crippen LogP contribution in [-0.4, -0.2) is 17.1 Å². The standard InChI is InChI=1S/C15H20ClNO2/c1-15(2)7-5-10(6-8-15)17-11-3-4-12(14(18)19)13(16)9-11/h3-4,9-10,17H,5-8H2,1-2H3,(H,18,19). The van der Waals surface area contributed by atoms with Gasteiger partial charge in [-0.25, -0.2) is 4.79 Å². The first-order valence-electron chi connectivity index (χ1n) is 6.67. The van der Waals surface area contributed by atoms with Crippen LogP contribution in [0.25, 0.3) is 0 Å². The first kappa shape index (κ1) is 14.2. The van der Waals surface area contributed by atoms with E-state index in [0.29, 0.717) is 11.5 Å². The molecule has 1 aliphatic rings. The fourth-order valence-corrected chi connectivity index (χ4v) is 2.82. The molecule has 0 unspecified atom stereocenters. The Balaban J connectivity index is 2.01. The van der Waals surface area contributed by atoms with Crippen molar-refractivity contribution in [3.05, 3.63) is 28.8 Å². The largest absolute Gasteiger partial charge is 0.478 e. The molecular formula is C15H20ClNO2. The molecule has 2 N–H and O–H groups in total. The van der Waals surface area contributed by atoms with Gasteiger partial charge in [0.1, 0.15) is 0 Å². The van der Waals surface area contributed by atoms with Gasteiger partial charge in [0.2, 0.25) is 0 Å². The van der Waals surface area contributed by atoms with Crippen LogP contribution in [0.3, 0.4) is 0 Å². The maximum atomic E-state index is 10.9. The van der Waals surface area contributed by atoms with Gasteiger partial charge < -0.3 is 10.4 Å². The number of nitrogens with one attached hydrogen (secondary N) is 1. The van der Waals surface area contributed by atoms with Crippen molar-refractivity contribution in [2.75, 3.05) is 5.32 Å². The van der Waals surface area contributed by atoms with E-state index in [1.165, 1.54) is 12.8 Å². The minimum atomic E-state index is -0.990. The highest BCUT2D eigenvalue weighted by Gasteiger charge is 2.26. The van der Waals surface area contributed by atoms with Crippen molar-refractivity contribution in [2.24, 2.45) is 5.41 Å². The molecule has 19 heavy (non-hydrogen) atoms. The maximum Gasteiger partial charge on any atom is 0.337 e. The lowest BCUT2D eigenvalue weighted by Gasteiger charge is -2.35. The van der Waals surface area contributed by atoms with Crippen LogP contribution < -0.4 is 5.32 Å². The molecule has 0 heterocycles. The molecule has 1 aromatic rings. The summed E-state index contributed by atoms with van der Waals surface area (Å²) in [6, 6.07) is 5.50. The summed E-state index contributed by atoms with van der Waals surface area (Å²) in [4.78, 5) is 10.9. The third kappa shape index (κ3) is 3.63. The molecule has 0 spiro atoms. The highest BCUT2D eigenvalue weighted by atomic mass is 35.5. The number of benzene rings is 1. The lowest BCUT2D eigenvalue weighted by molar-refractivity contribution is 0.0697. The molecule has 0 saturated heterocycles. The van der Waals surface area contributed by atoms with E-state index in [0.717, 1.165) is 18.5 Å². The van der Waals surface area contributed by atoms with Gasteiger partial charge in [-0.3, -0.25) is 0 Å². The second-order valence-corrected chi connectivity index (χ2v) is 6.49. The molecule has 4 heteroatoms. The fraction of sp³-hybridized carbons (Fsp3) is 0.533. The molecule has 1 aliphatic carbocycles. The quantitative estimate of drug-likeness (QED) is 0.862. The molecule has 104 valence electrons. The summed E-state index contributed by atoms with van der Waals surface area (Å²) < 4.78 is 0. The van der Waals surface area contributed by atoms with E-state index >= 15 is 0 Å². The zero-order valence-electron chi connectivity index (χ0n) is 11.4. The van der Waals surface area contributed by atoms with Gasteiger partial charge in [0.15, 0.2) is 0 Å². The molecule has 1 saturated carbocycles. The topological polar surface area (TPSA) is 49.3 Å². The third-order valence-electron chi connectivity index (χ3n) is 3.91. The van der Waals surface area contributed by atoms with Crippen LogP contribution in [0.1, 0.15) is 49.9 Å². The number of rotatable bonds is 3. The smallest absolute Gasteiger partial charge is 0.337 e. The predicted molar refractivity (Wildman–Crippen MR) is 78.1 cm³/mol. The van der Waals surface area contributed by atoms with Gasteiger partial charge in [0.25, 0.3) is 0 Å². The summed E-state index contributed by atoms with van der Waals surface area (Å²) in [5, 5.41) is 12.7. The van der Waals surface area contributed by atoms with Crippen LogP contribution in [-0.2, 0) is 0 Å². The van der Waals surface area contributed by atoms with Crippen LogP contribution in [0.2, 0.25) is 5.02 Å². The van der Waals surface area contributed by atoms with E-state index < -0.39 is 5.97 Å². The number of anilines is 1. The number of carbonyl (C=O) groups is 1. The number of halogens is 1. The van der Waals surface area contributed by atoms with E-state index in [-0.39, 0.29) is 10.6 Å². The van der Waals surface area contributed by atoms with E-state index in [9.17, 15) is 4.79 Å². The normalized spacial score (nSPS) is 19.1. The number of carboxylic acid groups (broad SMARTS) is 1. The maximum absolute atomic E-state index is 10.9. The van der Waals surface area contributed by atoms with Crippen molar-refractivity contribution in [1.82, 2.24) is 0 Å². The van der Waals surface area contributed by atoms with Gasteiger partial charge in [0.05, 0.1) is 10.6 Å². The number of aromatic carboxylic acids is 1. The Kier molecular flexibility index (Phi) is 4.04.